The van der Waals surface area contributed by atoms with E-state index in [9.17, 15) is 18.0 Å². The fourth-order valence-electron chi connectivity index (χ4n) is 2.39. The van der Waals surface area contributed by atoms with Crippen LogP contribution in [0.2, 0.25) is 0 Å². The van der Waals surface area contributed by atoms with Crippen LogP contribution in [0.25, 0.3) is 0 Å². The highest BCUT2D eigenvalue weighted by Gasteiger charge is 2.32. The number of benzene rings is 1. The quantitative estimate of drug-likeness (QED) is 0.212. The summed E-state index contributed by atoms with van der Waals surface area (Å²) in [4.78, 5) is 24.7. The van der Waals surface area contributed by atoms with E-state index in [2.05, 4.69) is 30.9 Å². The lowest BCUT2D eigenvalue weighted by molar-refractivity contribution is -0.141. The number of alkyl halides is 3. The van der Waals surface area contributed by atoms with Crippen LogP contribution >= 0.6 is 24.0 Å². The van der Waals surface area contributed by atoms with Crippen LogP contribution in [0, 0.1) is 0 Å². The molecule has 0 fully saturated rings. The lowest BCUT2D eigenvalue weighted by Crippen LogP contribution is -2.39. The number of carbonyl (C=O) groups is 1. The summed E-state index contributed by atoms with van der Waals surface area (Å²) in [6, 6.07) is 8.04. The summed E-state index contributed by atoms with van der Waals surface area (Å²) in [5, 5.41) is 8.89. The monoisotopic (exact) mass is 551 g/mol. The molecule has 0 aliphatic rings. The summed E-state index contributed by atoms with van der Waals surface area (Å²) in [5.41, 5.74) is 0.571. The maximum Gasteiger partial charge on any atom is 0.433 e. The van der Waals surface area contributed by atoms with E-state index in [1.165, 1.54) is 4.90 Å². The zero-order chi connectivity index (χ0) is 22.1. The second-order valence-corrected chi connectivity index (χ2v) is 6.44. The first kappa shape index (κ1) is 26.4. The molecule has 0 saturated carbocycles. The maximum atomic E-state index is 12.7. The molecule has 0 unspecified atom stereocenters. The Morgan fingerprint density at radius 3 is 2.35 bits per heavy atom. The van der Waals surface area contributed by atoms with Gasteiger partial charge in [-0.3, -0.25) is 9.79 Å². The summed E-state index contributed by atoms with van der Waals surface area (Å²) in [7, 11) is 5.00. The van der Waals surface area contributed by atoms with Crippen LogP contribution in [0.5, 0.6) is 0 Å². The van der Waals surface area contributed by atoms with Gasteiger partial charge >= 0.3 is 6.18 Å². The van der Waals surface area contributed by atoms with Gasteiger partial charge in [0, 0.05) is 52.5 Å². The number of amides is 1. The predicted molar refractivity (Wildman–Crippen MR) is 124 cm³/mol. The number of halogens is 4. The van der Waals surface area contributed by atoms with Crippen molar-refractivity contribution in [1.82, 2.24) is 25.5 Å². The van der Waals surface area contributed by atoms with Gasteiger partial charge in [-0.15, -0.1) is 24.0 Å². The normalized spacial score (nSPS) is 11.4. The zero-order valence-electron chi connectivity index (χ0n) is 17.3. The van der Waals surface area contributed by atoms with Crippen molar-refractivity contribution in [2.24, 2.45) is 4.99 Å². The number of anilines is 1. The van der Waals surface area contributed by atoms with Gasteiger partial charge in [0.1, 0.15) is 5.69 Å². The average Bonchev–Trinajstić information content (AvgIpc) is 2.72. The molecule has 0 spiro atoms. The summed E-state index contributed by atoms with van der Waals surface area (Å²) in [6.07, 6.45) is -3.45. The van der Waals surface area contributed by atoms with Gasteiger partial charge < -0.3 is 20.9 Å². The van der Waals surface area contributed by atoms with Gasteiger partial charge in [0.2, 0.25) is 5.95 Å². The van der Waals surface area contributed by atoms with Gasteiger partial charge in [0.15, 0.2) is 5.96 Å². The lowest BCUT2D eigenvalue weighted by atomic mass is 10.1. The van der Waals surface area contributed by atoms with E-state index in [0.717, 1.165) is 17.8 Å². The molecule has 0 radical (unpaired) electrons. The van der Waals surface area contributed by atoms with Gasteiger partial charge in [-0.05, 0) is 23.8 Å². The Balaban J connectivity index is 0.00000480. The van der Waals surface area contributed by atoms with E-state index in [0.29, 0.717) is 31.2 Å². The van der Waals surface area contributed by atoms with Gasteiger partial charge in [0.05, 0.1) is 0 Å². The summed E-state index contributed by atoms with van der Waals surface area (Å²) < 4.78 is 38.0. The zero-order valence-corrected chi connectivity index (χ0v) is 19.7. The van der Waals surface area contributed by atoms with Crippen LogP contribution in [0.1, 0.15) is 21.6 Å². The molecule has 0 saturated heterocycles. The standard InChI is InChI=1S/C19H24F3N7O.HI/c1-23-17(27-12-13-4-6-14(7-5-13)16(30)29(2)3)25-10-11-26-18-24-9-8-15(28-18)19(20,21)22;/h4-9H,10-12H2,1-3H3,(H2,23,25,27)(H,24,26,28);1H. The van der Waals surface area contributed by atoms with Crippen molar-refractivity contribution >= 4 is 41.8 Å². The molecule has 0 atom stereocenters. The van der Waals surface area contributed by atoms with Crippen LogP contribution in [0.15, 0.2) is 41.5 Å². The van der Waals surface area contributed by atoms with Gasteiger partial charge in [-0.1, -0.05) is 12.1 Å². The number of hydrogen-bond acceptors (Lipinski definition) is 5. The number of aliphatic imine (C=N–C) groups is 1. The van der Waals surface area contributed by atoms with Crippen LogP contribution in [-0.4, -0.2) is 61.0 Å². The van der Waals surface area contributed by atoms with Crippen LogP contribution < -0.4 is 16.0 Å². The number of nitrogens with zero attached hydrogens (tertiary/aromatic N) is 4. The molecule has 3 N–H and O–H groups in total. The molecule has 12 heteroatoms. The molecule has 1 amide bonds. The minimum absolute atomic E-state index is 0. The average molecular weight is 551 g/mol. The van der Waals surface area contributed by atoms with Crippen LogP contribution in [0.3, 0.4) is 0 Å². The Hall–Kier alpha value is -2.64. The third-order valence-corrected chi connectivity index (χ3v) is 3.94. The van der Waals surface area contributed by atoms with E-state index in [1.54, 1.807) is 33.3 Å². The number of rotatable bonds is 7. The highest BCUT2D eigenvalue weighted by atomic mass is 127. The van der Waals surface area contributed by atoms with E-state index in [-0.39, 0.29) is 35.8 Å². The van der Waals surface area contributed by atoms with Crippen molar-refractivity contribution in [3.63, 3.8) is 0 Å². The lowest BCUT2D eigenvalue weighted by Gasteiger charge is -2.13. The molecule has 1 heterocycles. The van der Waals surface area contributed by atoms with E-state index < -0.39 is 11.9 Å². The first-order valence-corrected chi connectivity index (χ1v) is 9.10. The molecule has 0 aliphatic heterocycles. The topological polar surface area (TPSA) is 94.5 Å². The van der Waals surface area contributed by atoms with Crippen molar-refractivity contribution in [1.29, 1.82) is 0 Å². The van der Waals surface area contributed by atoms with Crippen LogP contribution in [0.4, 0.5) is 19.1 Å². The van der Waals surface area contributed by atoms with Crippen LogP contribution in [-0.2, 0) is 12.7 Å². The molecule has 0 aliphatic carbocycles. The Kier molecular flexibility index (Phi) is 10.4. The fraction of sp³-hybridized carbons (Fsp3) is 0.368. The fourth-order valence-corrected chi connectivity index (χ4v) is 2.39. The maximum absolute atomic E-state index is 12.7. The first-order valence-electron chi connectivity index (χ1n) is 9.10. The molecule has 31 heavy (non-hydrogen) atoms. The smallest absolute Gasteiger partial charge is 0.355 e. The number of aromatic nitrogens is 2. The predicted octanol–water partition coefficient (Wildman–Crippen LogP) is 2.59. The summed E-state index contributed by atoms with van der Waals surface area (Å²) >= 11 is 0. The Bertz CT molecular complexity index is 874. The minimum Gasteiger partial charge on any atom is -0.355 e. The molecule has 2 rings (SSSR count). The molecular weight excluding hydrogens is 526 g/mol. The van der Waals surface area contributed by atoms with Gasteiger partial charge in [0.25, 0.3) is 5.91 Å². The minimum atomic E-state index is -4.51. The molecule has 1 aromatic heterocycles. The van der Waals surface area contributed by atoms with Gasteiger partial charge in [-0.2, -0.15) is 13.2 Å². The van der Waals surface area contributed by atoms with E-state index in [4.69, 9.17) is 0 Å². The summed E-state index contributed by atoms with van der Waals surface area (Å²) in [5.74, 6) is 0.362. The highest BCUT2D eigenvalue weighted by molar-refractivity contribution is 14.0. The van der Waals surface area contributed by atoms with Crippen molar-refractivity contribution in [2.75, 3.05) is 39.5 Å². The highest BCUT2D eigenvalue weighted by Crippen LogP contribution is 2.27. The molecule has 2 aromatic rings. The Morgan fingerprint density at radius 1 is 1.10 bits per heavy atom. The second kappa shape index (κ2) is 12.3. The largest absolute Gasteiger partial charge is 0.433 e. The number of nitrogens with one attached hydrogen (secondary N) is 3. The SMILES string of the molecule is CN=C(NCCNc1nccc(C(F)(F)F)n1)NCc1ccc(C(=O)N(C)C)cc1.I. The molecule has 8 nitrogen and oxygen atoms in total. The number of hydrogen-bond donors (Lipinski definition) is 3. The van der Waals surface area contributed by atoms with Crippen molar-refractivity contribution in [3.05, 3.63) is 53.3 Å². The third-order valence-electron chi connectivity index (χ3n) is 3.94. The molecule has 0 bridgehead atoms. The van der Waals surface area contributed by atoms with E-state index in [1.807, 2.05) is 12.1 Å². The van der Waals surface area contributed by atoms with Crippen molar-refractivity contribution < 1.29 is 18.0 Å². The first-order chi connectivity index (χ1) is 14.2. The van der Waals surface area contributed by atoms with Crippen molar-refractivity contribution in [2.45, 2.75) is 12.7 Å². The number of guanidine groups is 1. The number of carbonyl (C=O) groups excluding carboxylic acids is 1. The molecule has 170 valence electrons. The Labute approximate surface area is 195 Å². The van der Waals surface area contributed by atoms with E-state index >= 15 is 0 Å². The third kappa shape index (κ3) is 8.55. The Morgan fingerprint density at radius 2 is 1.77 bits per heavy atom. The van der Waals surface area contributed by atoms with Crippen molar-refractivity contribution in [3.8, 4) is 0 Å². The second-order valence-electron chi connectivity index (χ2n) is 6.44. The summed E-state index contributed by atoms with van der Waals surface area (Å²) in [6.45, 7) is 1.17. The molecular formula is C19H25F3IN7O. The molecule has 1 aromatic carbocycles. The van der Waals surface area contributed by atoms with Gasteiger partial charge in [-0.25, -0.2) is 9.97 Å².